The Kier molecular flexibility index (Phi) is 6.23. The lowest BCUT2D eigenvalue weighted by molar-refractivity contribution is 0.0395. The molecule has 0 heterocycles. The van der Waals surface area contributed by atoms with Gasteiger partial charge in [-0.25, -0.2) is 0 Å². The van der Waals surface area contributed by atoms with Crippen LogP contribution >= 0.6 is 0 Å². The van der Waals surface area contributed by atoms with Crippen LogP contribution in [0, 0.1) is 5.92 Å². The Balaban J connectivity index is 4.00. The van der Waals surface area contributed by atoms with E-state index >= 15 is 0 Å². The van der Waals surface area contributed by atoms with Gasteiger partial charge in [0, 0.05) is 6.61 Å². The molecule has 0 aromatic rings. The fourth-order valence-corrected chi connectivity index (χ4v) is 2.61. The van der Waals surface area contributed by atoms with Crippen molar-refractivity contribution < 1.29 is 9.16 Å². The third-order valence-electron chi connectivity index (χ3n) is 3.11. The van der Waals surface area contributed by atoms with Crippen molar-refractivity contribution in [3.63, 3.8) is 0 Å². The van der Waals surface area contributed by atoms with Gasteiger partial charge >= 0.3 is 0 Å². The zero-order chi connectivity index (χ0) is 13.0. The Morgan fingerprint density at radius 1 is 1.00 bits per heavy atom. The Hall–Kier alpha value is 0.137. The molecule has 0 amide bonds. The van der Waals surface area contributed by atoms with Gasteiger partial charge in [-0.1, -0.05) is 34.6 Å². The molecule has 0 aromatic carbocycles. The lowest BCUT2D eigenvalue weighted by Crippen LogP contribution is -2.44. The maximum absolute atomic E-state index is 6.20. The molecular formula is C13H30O2Si. The molecule has 0 rings (SSSR count). The molecule has 0 aliphatic heterocycles. The van der Waals surface area contributed by atoms with Crippen molar-refractivity contribution in [3.8, 4) is 0 Å². The highest BCUT2D eigenvalue weighted by Gasteiger charge is 2.38. The van der Waals surface area contributed by atoms with E-state index in [1.54, 1.807) is 0 Å². The zero-order valence-electron chi connectivity index (χ0n) is 12.4. The van der Waals surface area contributed by atoms with Crippen LogP contribution in [-0.2, 0) is 9.16 Å². The van der Waals surface area contributed by atoms with Crippen LogP contribution in [0.5, 0.6) is 0 Å². The molecule has 0 fully saturated rings. The van der Waals surface area contributed by atoms with E-state index in [-0.39, 0.29) is 11.1 Å². The molecule has 0 radical (unpaired) electrons. The van der Waals surface area contributed by atoms with Gasteiger partial charge in [-0.05, 0) is 31.0 Å². The summed E-state index contributed by atoms with van der Waals surface area (Å²) in [7, 11) is -1.63. The number of hydrogen-bond donors (Lipinski definition) is 0. The van der Waals surface area contributed by atoms with Gasteiger partial charge in [0.2, 0.25) is 0 Å². The van der Waals surface area contributed by atoms with Gasteiger partial charge in [0.25, 0.3) is 0 Å². The summed E-state index contributed by atoms with van der Waals surface area (Å²) in [6.45, 7) is 19.3. The molecule has 0 bridgehead atoms. The van der Waals surface area contributed by atoms with E-state index in [1.807, 2.05) is 0 Å². The van der Waals surface area contributed by atoms with Crippen LogP contribution in [0.1, 0.15) is 41.5 Å². The predicted octanol–water partition coefficient (Wildman–Crippen LogP) is 4.07. The first kappa shape index (κ1) is 16.1. The smallest absolute Gasteiger partial charge is 0.192 e. The fourth-order valence-electron chi connectivity index (χ4n) is 1.18. The molecule has 0 spiro atoms. The molecule has 0 saturated carbocycles. The van der Waals surface area contributed by atoms with Crippen molar-refractivity contribution in [2.24, 2.45) is 5.92 Å². The average Bonchev–Trinajstić information content (AvgIpc) is 1.99. The number of ether oxygens (including phenoxy) is 1. The molecule has 16 heavy (non-hydrogen) atoms. The zero-order valence-corrected chi connectivity index (χ0v) is 13.4. The van der Waals surface area contributed by atoms with E-state index in [2.05, 4.69) is 54.6 Å². The maximum Gasteiger partial charge on any atom is 0.192 e. The summed E-state index contributed by atoms with van der Waals surface area (Å²) in [4.78, 5) is 0. The molecule has 3 heteroatoms. The molecule has 0 aliphatic carbocycles. The van der Waals surface area contributed by atoms with Gasteiger partial charge in [0.15, 0.2) is 8.32 Å². The highest BCUT2D eigenvalue weighted by atomic mass is 28.4. The SMILES string of the molecule is CC(C)COC[C@H](C)O[Si](C)(C)C(C)(C)C. The van der Waals surface area contributed by atoms with Crippen molar-refractivity contribution >= 4 is 8.32 Å². The Morgan fingerprint density at radius 3 is 1.88 bits per heavy atom. The van der Waals surface area contributed by atoms with E-state index in [1.165, 1.54) is 0 Å². The van der Waals surface area contributed by atoms with Crippen LogP contribution in [0.4, 0.5) is 0 Å². The molecular weight excluding hydrogens is 216 g/mol. The predicted molar refractivity (Wildman–Crippen MR) is 73.4 cm³/mol. The summed E-state index contributed by atoms with van der Waals surface area (Å²) >= 11 is 0. The highest BCUT2D eigenvalue weighted by molar-refractivity contribution is 6.74. The second-order valence-electron chi connectivity index (χ2n) is 6.62. The topological polar surface area (TPSA) is 18.5 Å². The normalized spacial score (nSPS) is 15.6. The molecule has 0 N–H and O–H groups in total. The van der Waals surface area contributed by atoms with Gasteiger partial charge in [0.1, 0.15) is 0 Å². The van der Waals surface area contributed by atoms with Crippen LogP contribution in [0.25, 0.3) is 0 Å². The minimum Gasteiger partial charge on any atom is -0.412 e. The first-order valence-electron chi connectivity index (χ1n) is 6.32. The summed E-state index contributed by atoms with van der Waals surface area (Å²) in [6, 6.07) is 0. The van der Waals surface area contributed by atoms with Gasteiger partial charge in [-0.15, -0.1) is 0 Å². The van der Waals surface area contributed by atoms with Crippen molar-refractivity contribution in [2.45, 2.75) is 65.8 Å². The fraction of sp³-hybridized carbons (Fsp3) is 1.00. The van der Waals surface area contributed by atoms with Gasteiger partial charge < -0.3 is 9.16 Å². The Labute approximate surface area is 103 Å². The summed E-state index contributed by atoms with van der Waals surface area (Å²) < 4.78 is 11.8. The lowest BCUT2D eigenvalue weighted by atomic mass is 10.2. The average molecular weight is 246 g/mol. The first-order chi connectivity index (χ1) is 7.06. The number of rotatable bonds is 6. The van der Waals surface area contributed by atoms with E-state index in [0.717, 1.165) is 6.61 Å². The highest BCUT2D eigenvalue weighted by Crippen LogP contribution is 2.37. The number of hydrogen-bond acceptors (Lipinski definition) is 2. The molecule has 2 nitrogen and oxygen atoms in total. The summed E-state index contributed by atoms with van der Waals surface area (Å²) in [5.74, 6) is 0.597. The summed E-state index contributed by atoms with van der Waals surface area (Å²) in [6.07, 6.45) is 0.208. The van der Waals surface area contributed by atoms with Crippen molar-refractivity contribution in [3.05, 3.63) is 0 Å². The molecule has 0 aliphatic rings. The third kappa shape index (κ3) is 6.02. The van der Waals surface area contributed by atoms with Crippen LogP contribution in [0.3, 0.4) is 0 Å². The Bertz CT molecular complexity index is 195. The maximum atomic E-state index is 6.20. The Morgan fingerprint density at radius 2 is 1.50 bits per heavy atom. The van der Waals surface area contributed by atoms with Crippen LogP contribution in [-0.4, -0.2) is 27.6 Å². The van der Waals surface area contributed by atoms with E-state index in [4.69, 9.17) is 9.16 Å². The summed E-state index contributed by atoms with van der Waals surface area (Å²) in [5.41, 5.74) is 0. The molecule has 98 valence electrons. The molecule has 0 unspecified atom stereocenters. The van der Waals surface area contributed by atoms with Crippen LogP contribution in [0.15, 0.2) is 0 Å². The van der Waals surface area contributed by atoms with E-state index < -0.39 is 8.32 Å². The molecule has 1 atom stereocenters. The van der Waals surface area contributed by atoms with Gasteiger partial charge in [-0.2, -0.15) is 0 Å². The second kappa shape index (κ2) is 6.17. The van der Waals surface area contributed by atoms with Crippen LogP contribution < -0.4 is 0 Å². The second-order valence-corrected chi connectivity index (χ2v) is 11.4. The molecule has 0 aromatic heterocycles. The van der Waals surface area contributed by atoms with Crippen molar-refractivity contribution in [2.75, 3.05) is 13.2 Å². The first-order valence-corrected chi connectivity index (χ1v) is 9.22. The van der Waals surface area contributed by atoms with Gasteiger partial charge in [-0.3, -0.25) is 0 Å². The van der Waals surface area contributed by atoms with Crippen LogP contribution in [0.2, 0.25) is 18.1 Å². The van der Waals surface area contributed by atoms with E-state index in [0.29, 0.717) is 12.5 Å². The largest absolute Gasteiger partial charge is 0.412 e. The standard InChI is InChI=1S/C13H30O2Si/c1-11(2)9-14-10-12(3)15-16(7,8)13(4,5)6/h11-12H,9-10H2,1-8H3/t12-/m0/s1. The summed E-state index contributed by atoms with van der Waals surface area (Å²) in [5, 5.41) is 0.277. The minimum absolute atomic E-state index is 0.208. The molecule has 0 saturated heterocycles. The van der Waals surface area contributed by atoms with Gasteiger partial charge in [0.05, 0.1) is 12.7 Å². The minimum atomic E-state index is -1.63. The lowest BCUT2D eigenvalue weighted by Gasteiger charge is -2.38. The quantitative estimate of drug-likeness (QED) is 0.658. The third-order valence-corrected chi connectivity index (χ3v) is 7.71. The van der Waals surface area contributed by atoms with Crippen molar-refractivity contribution in [1.29, 1.82) is 0 Å². The monoisotopic (exact) mass is 246 g/mol. The van der Waals surface area contributed by atoms with Crippen molar-refractivity contribution in [1.82, 2.24) is 0 Å². The van der Waals surface area contributed by atoms with E-state index in [9.17, 15) is 0 Å².